The number of aromatic nitrogens is 1. The van der Waals surface area contributed by atoms with E-state index in [9.17, 15) is 8.42 Å². The van der Waals surface area contributed by atoms with Crippen molar-refractivity contribution in [3.8, 4) is 11.3 Å². The van der Waals surface area contributed by atoms with E-state index in [0.29, 0.717) is 30.3 Å². The van der Waals surface area contributed by atoms with Crippen LogP contribution in [0.3, 0.4) is 0 Å². The lowest BCUT2D eigenvalue weighted by molar-refractivity contribution is 0.263. The molecule has 6 nitrogen and oxygen atoms in total. The lowest BCUT2D eigenvalue weighted by Gasteiger charge is -2.31. The van der Waals surface area contributed by atoms with E-state index >= 15 is 0 Å². The van der Waals surface area contributed by atoms with Crippen molar-refractivity contribution >= 4 is 10.0 Å². The van der Waals surface area contributed by atoms with Crippen molar-refractivity contribution in [1.29, 1.82) is 0 Å². The Labute approximate surface area is 142 Å². The number of sulfonamides is 1. The molecule has 1 aliphatic rings. The highest BCUT2D eigenvalue weighted by Gasteiger charge is 2.31. The second kappa shape index (κ2) is 7.46. The summed E-state index contributed by atoms with van der Waals surface area (Å²) in [5.41, 5.74) is 0.562. The summed E-state index contributed by atoms with van der Waals surface area (Å²) in [4.78, 5) is 0.287. The van der Waals surface area contributed by atoms with Crippen molar-refractivity contribution in [2.24, 2.45) is 5.92 Å². The lowest BCUT2D eigenvalue weighted by Crippen LogP contribution is -2.39. The van der Waals surface area contributed by atoms with Crippen LogP contribution < -0.4 is 5.32 Å². The van der Waals surface area contributed by atoms with Gasteiger partial charge in [0.05, 0.1) is 11.1 Å². The zero-order chi connectivity index (χ0) is 17.0. The van der Waals surface area contributed by atoms with Crippen LogP contribution in [0.5, 0.6) is 0 Å². The standard InChI is InChI=1S/C17H23N3O3S/c1-18-10-6-14-8-12-20(13-9-14)24(21,22)17-5-3-2-4-15(17)16-7-11-19-23-16/h2-5,7,11,14,18H,6,8-10,12-13H2,1H3. The van der Waals surface area contributed by atoms with Gasteiger partial charge in [-0.1, -0.05) is 17.3 Å². The normalized spacial score (nSPS) is 17.2. The Morgan fingerprint density at radius 3 is 2.67 bits per heavy atom. The van der Waals surface area contributed by atoms with Gasteiger partial charge in [-0.15, -0.1) is 0 Å². The van der Waals surface area contributed by atoms with E-state index in [-0.39, 0.29) is 4.90 Å². The van der Waals surface area contributed by atoms with Crippen LogP contribution in [0.1, 0.15) is 19.3 Å². The van der Waals surface area contributed by atoms with E-state index in [1.807, 2.05) is 7.05 Å². The van der Waals surface area contributed by atoms with Crippen LogP contribution in [-0.4, -0.2) is 44.6 Å². The third-order valence-corrected chi connectivity index (χ3v) is 6.54. The molecule has 2 aromatic rings. The first kappa shape index (κ1) is 17.1. The summed E-state index contributed by atoms with van der Waals surface area (Å²) in [5, 5.41) is 6.84. The Hall–Kier alpha value is -1.70. The molecule has 2 heterocycles. The minimum Gasteiger partial charge on any atom is -0.356 e. The fourth-order valence-electron chi connectivity index (χ4n) is 3.18. The van der Waals surface area contributed by atoms with Gasteiger partial charge in [0.15, 0.2) is 5.76 Å². The molecule has 0 atom stereocenters. The highest BCUT2D eigenvalue weighted by Crippen LogP contribution is 2.31. The number of hydrogen-bond acceptors (Lipinski definition) is 5. The van der Waals surface area contributed by atoms with Crippen molar-refractivity contribution in [2.45, 2.75) is 24.2 Å². The number of hydrogen-bond donors (Lipinski definition) is 1. The molecule has 1 aromatic carbocycles. The molecule has 1 fully saturated rings. The SMILES string of the molecule is CNCCC1CCN(S(=O)(=O)c2ccccc2-c2ccno2)CC1. The number of nitrogens with one attached hydrogen (secondary N) is 1. The Bertz CT molecular complexity index is 751. The van der Waals surface area contributed by atoms with Gasteiger partial charge in [-0.3, -0.25) is 0 Å². The molecule has 0 bridgehead atoms. The number of rotatable bonds is 6. The van der Waals surface area contributed by atoms with Crippen LogP contribution >= 0.6 is 0 Å². The molecule has 1 aromatic heterocycles. The van der Waals surface area contributed by atoms with Gasteiger partial charge in [-0.2, -0.15) is 4.31 Å². The molecule has 1 N–H and O–H groups in total. The summed E-state index contributed by atoms with van der Waals surface area (Å²) < 4.78 is 32.9. The predicted molar refractivity (Wildman–Crippen MR) is 92.0 cm³/mol. The maximum atomic E-state index is 13.1. The molecule has 0 spiro atoms. The summed E-state index contributed by atoms with van der Waals surface area (Å²) in [6.07, 6.45) is 4.43. The molecular formula is C17H23N3O3S. The number of benzene rings is 1. The Kier molecular flexibility index (Phi) is 5.33. The zero-order valence-electron chi connectivity index (χ0n) is 13.8. The van der Waals surface area contributed by atoms with Crippen LogP contribution in [0.4, 0.5) is 0 Å². The third-order valence-electron chi connectivity index (χ3n) is 4.58. The van der Waals surface area contributed by atoms with Gasteiger partial charge in [-0.25, -0.2) is 8.42 Å². The molecule has 3 rings (SSSR count). The zero-order valence-corrected chi connectivity index (χ0v) is 14.6. The van der Waals surface area contributed by atoms with Gasteiger partial charge in [0.25, 0.3) is 0 Å². The molecule has 1 aliphatic heterocycles. The highest BCUT2D eigenvalue weighted by molar-refractivity contribution is 7.89. The molecule has 0 unspecified atom stereocenters. The predicted octanol–water partition coefficient (Wildman–Crippen LogP) is 2.35. The molecule has 0 saturated carbocycles. The van der Waals surface area contributed by atoms with E-state index in [4.69, 9.17) is 4.52 Å². The van der Waals surface area contributed by atoms with Crippen molar-refractivity contribution in [1.82, 2.24) is 14.8 Å². The minimum absolute atomic E-state index is 0.287. The Morgan fingerprint density at radius 1 is 1.25 bits per heavy atom. The Balaban J connectivity index is 1.80. The monoisotopic (exact) mass is 349 g/mol. The van der Waals surface area contributed by atoms with Crippen LogP contribution in [0.15, 0.2) is 45.9 Å². The average molecular weight is 349 g/mol. The minimum atomic E-state index is -3.53. The molecule has 0 radical (unpaired) electrons. The van der Waals surface area contributed by atoms with Gasteiger partial charge in [0, 0.05) is 24.7 Å². The van der Waals surface area contributed by atoms with E-state index in [0.717, 1.165) is 25.8 Å². The van der Waals surface area contributed by atoms with Crippen molar-refractivity contribution < 1.29 is 12.9 Å². The summed E-state index contributed by atoms with van der Waals surface area (Å²) in [7, 11) is -1.59. The summed E-state index contributed by atoms with van der Waals surface area (Å²) in [5.74, 6) is 1.06. The molecule has 0 amide bonds. The smallest absolute Gasteiger partial charge is 0.243 e. The lowest BCUT2D eigenvalue weighted by atomic mass is 9.95. The van der Waals surface area contributed by atoms with Gasteiger partial charge < -0.3 is 9.84 Å². The van der Waals surface area contributed by atoms with E-state index in [2.05, 4.69) is 10.5 Å². The van der Waals surface area contributed by atoms with Gasteiger partial charge in [0.2, 0.25) is 10.0 Å². The van der Waals surface area contributed by atoms with Gasteiger partial charge >= 0.3 is 0 Å². The molecule has 1 saturated heterocycles. The fraction of sp³-hybridized carbons (Fsp3) is 0.471. The summed E-state index contributed by atoms with van der Waals surface area (Å²) in [6, 6.07) is 8.62. The molecule has 24 heavy (non-hydrogen) atoms. The Morgan fingerprint density at radius 2 is 2.00 bits per heavy atom. The van der Waals surface area contributed by atoms with Crippen LogP contribution in [0.25, 0.3) is 11.3 Å². The van der Waals surface area contributed by atoms with E-state index in [1.54, 1.807) is 34.6 Å². The maximum Gasteiger partial charge on any atom is 0.243 e. The molecule has 130 valence electrons. The first-order valence-electron chi connectivity index (χ1n) is 8.28. The second-order valence-electron chi connectivity index (χ2n) is 6.11. The third kappa shape index (κ3) is 3.53. The van der Waals surface area contributed by atoms with E-state index < -0.39 is 10.0 Å². The van der Waals surface area contributed by atoms with Crippen molar-refractivity contribution in [2.75, 3.05) is 26.7 Å². The first-order chi connectivity index (χ1) is 11.6. The molecule has 0 aliphatic carbocycles. The topological polar surface area (TPSA) is 75.4 Å². The van der Waals surface area contributed by atoms with Crippen molar-refractivity contribution in [3.05, 3.63) is 36.5 Å². The highest BCUT2D eigenvalue weighted by atomic mass is 32.2. The van der Waals surface area contributed by atoms with Crippen LogP contribution in [0, 0.1) is 5.92 Å². The maximum absolute atomic E-state index is 13.1. The molecular weight excluding hydrogens is 326 g/mol. The number of piperidine rings is 1. The summed E-state index contributed by atoms with van der Waals surface area (Å²) in [6.45, 7) is 2.12. The average Bonchev–Trinajstić information content (AvgIpc) is 3.15. The van der Waals surface area contributed by atoms with Crippen LogP contribution in [0.2, 0.25) is 0 Å². The van der Waals surface area contributed by atoms with Crippen molar-refractivity contribution in [3.63, 3.8) is 0 Å². The molecule has 7 heteroatoms. The van der Waals surface area contributed by atoms with E-state index in [1.165, 1.54) is 6.20 Å². The summed E-state index contributed by atoms with van der Waals surface area (Å²) >= 11 is 0. The second-order valence-corrected chi connectivity index (χ2v) is 8.02. The number of nitrogens with zero attached hydrogens (tertiary/aromatic N) is 2. The van der Waals surface area contributed by atoms with Crippen LogP contribution in [-0.2, 0) is 10.0 Å². The van der Waals surface area contributed by atoms with Gasteiger partial charge in [-0.05, 0) is 50.9 Å². The quantitative estimate of drug-likeness (QED) is 0.866. The fourth-order valence-corrected chi connectivity index (χ4v) is 4.84. The largest absolute Gasteiger partial charge is 0.356 e. The first-order valence-corrected chi connectivity index (χ1v) is 9.72. The van der Waals surface area contributed by atoms with Gasteiger partial charge in [0.1, 0.15) is 0 Å².